The highest BCUT2D eigenvalue weighted by Crippen LogP contribution is 2.21. The summed E-state index contributed by atoms with van der Waals surface area (Å²) in [6.45, 7) is 7.33. The summed E-state index contributed by atoms with van der Waals surface area (Å²) in [6, 6.07) is 0. The Morgan fingerprint density at radius 1 is 1.44 bits per heavy atom. The highest BCUT2D eigenvalue weighted by atomic mass is 79.9. The van der Waals surface area contributed by atoms with Crippen molar-refractivity contribution in [1.82, 2.24) is 15.1 Å². The molecule has 0 bridgehead atoms. The molecule has 4 nitrogen and oxygen atoms in total. The van der Waals surface area contributed by atoms with Crippen LogP contribution in [-0.4, -0.2) is 29.5 Å². The van der Waals surface area contributed by atoms with Crippen molar-refractivity contribution in [3.05, 3.63) is 15.9 Å². The van der Waals surface area contributed by atoms with Crippen LogP contribution in [0.2, 0.25) is 0 Å². The molecule has 0 aliphatic carbocycles. The quantitative estimate of drug-likeness (QED) is 0.779. The molecule has 0 spiro atoms. The largest absolute Gasteiger partial charge is 0.380 e. The van der Waals surface area contributed by atoms with Crippen LogP contribution in [0.4, 0.5) is 0 Å². The van der Waals surface area contributed by atoms with Gasteiger partial charge in [-0.3, -0.25) is 4.68 Å². The van der Waals surface area contributed by atoms with Gasteiger partial charge in [0.1, 0.15) is 0 Å². The van der Waals surface area contributed by atoms with Crippen LogP contribution in [0.15, 0.2) is 4.47 Å². The summed E-state index contributed by atoms with van der Waals surface area (Å²) in [5.74, 6) is 0. The fourth-order valence-electron chi connectivity index (χ4n) is 1.51. The van der Waals surface area contributed by atoms with E-state index in [2.05, 4.69) is 33.3 Å². The monoisotopic (exact) mass is 289 g/mol. The molecule has 0 saturated heterocycles. The van der Waals surface area contributed by atoms with Gasteiger partial charge in [0.2, 0.25) is 0 Å². The van der Waals surface area contributed by atoms with Crippen LogP contribution < -0.4 is 5.32 Å². The average Bonchev–Trinajstić information content (AvgIpc) is 2.55. The molecule has 0 atom stereocenters. The zero-order valence-electron chi connectivity index (χ0n) is 10.2. The molecule has 0 saturated carbocycles. The van der Waals surface area contributed by atoms with Gasteiger partial charge in [0.15, 0.2) is 0 Å². The molecular formula is C11H20BrN3O. The maximum Gasteiger partial charge on any atom is 0.0767 e. The average molecular weight is 290 g/mol. The van der Waals surface area contributed by atoms with E-state index in [4.69, 9.17) is 4.74 Å². The molecule has 0 amide bonds. The Labute approximate surface area is 105 Å². The van der Waals surface area contributed by atoms with E-state index >= 15 is 0 Å². The molecule has 0 unspecified atom stereocenters. The molecule has 0 aliphatic rings. The van der Waals surface area contributed by atoms with Crippen LogP contribution in [0.1, 0.15) is 25.2 Å². The lowest BCUT2D eigenvalue weighted by atomic mass is 10.3. The molecule has 92 valence electrons. The van der Waals surface area contributed by atoms with Gasteiger partial charge in [0.05, 0.1) is 22.5 Å². The molecule has 0 fully saturated rings. The molecule has 1 aromatic heterocycles. The van der Waals surface area contributed by atoms with Gasteiger partial charge in [0.25, 0.3) is 0 Å². The molecule has 0 radical (unpaired) electrons. The van der Waals surface area contributed by atoms with Crippen LogP contribution in [0.3, 0.4) is 0 Å². The smallest absolute Gasteiger partial charge is 0.0767 e. The maximum atomic E-state index is 5.26. The van der Waals surface area contributed by atoms with Gasteiger partial charge in [-0.1, -0.05) is 6.92 Å². The van der Waals surface area contributed by atoms with Crippen LogP contribution in [-0.2, 0) is 24.8 Å². The first-order valence-corrected chi connectivity index (χ1v) is 6.48. The van der Waals surface area contributed by atoms with E-state index in [0.717, 1.165) is 42.9 Å². The standard InChI is InChI=1S/C11H20BrN3O/c1-4-9-11(12)10(15(3)14-9)8-13-6-7-16-5-2/h13H,4-8H2,1-3H3. The molecule has 16 heavy (non-hydrogen) atoms. The third-order valence-electron chi connectivity index (χ3n) is 2.42. The minimum Gasteiger partial charge on any atom is -0.380 e. The summed E-state index contributed by atoms with van der Waals surface area (Å²) in [5.41, 5.74) is 2.30. The summed E-state index contributed by atoms with van der Waals surface area (Å²) in [7, 11) is 1.98. The molecule has 1 N–H and O–H groups in total. The Balaban J connectivity index is 2.44. The van der Waals surface area contributed by atoms with Crippen molar-refractivity contribution in [1.29, 1.82) is 0 Å². The van der Waals surface area contributed by atoms with E-state index in [1.54, 1.807) is 0 Å². The number of aryl methyl sites for hydroxylation is 2. The summed E-state index contributed by atoms with van der Waals surface area (Å²) < 4.78 is 8.32. The van der Waals surface area contributed by atoms with Crippen LogP contribution in [0.5, 0.6) is 0 Å². The SMILES string of the molecule is CCOCCNCc1c(Br)c(CC)nn1C. The molecule has 5 heteroatoms. The Bertz CT molecular complexity index is 325. The predicted octanol–water partition coefficient (Wildman–Crippen LogP) is 1.87. The topological polar surface area (TPSA) is 39.1 Å². The first-order chi connectivity index (χ1) is 7.70. The minimum absolute atomic E-state index is 0.757. The fourth-order valence-corrected chi connectivity index (χ4v) is 2.26. The second-order valence-electron chi connectivity index (χ2n) is 3.56. The normalized spacial score (nSPS) is 11.0. The third-order valence-corrected chi connectivity index (χ3v) is 3.34. The van der Waals surface area contributed by atoms with Crippen LogP contribution in [0, 0.1) is 0 Å². The van der Waals surface area contributed by atoms with Crippen molar-refractivity contribution < 1.29 is 4.74 Å². The van der Waals surface area contributed by atoms with Crippen LogP contribution >= 0.6 is 15.9 Å². The lowest BCUT2D eigenvalue weighted by Gasteiger charge is -2.05. The second kappa shape index (κ2) is 7.04. The van der Waals surface area contributed by atoms with E-state index < -0.39 is 0 Å². The first-order valence-electron chi connectivity index (χ1n) is 5.69. The third kappa shape index (κ3) is 3.57. The van der Waals surface area contributed by atoms with E-state index in [-0.39, 0.29) is 0 Å². The summed E-state index contributed by atoms with van der Waals surface area (Å²) in [6.07, 6.45) is 0.952. The van der Waals surface area contributed by atoms with Gasteiger partial charge in [-0.25, -0.2) is 0 Å². The van der Waals surface area contributed by atoms with Gasteiger partial charge in [-0.05, 0) is 29.3 Å². The van der Waals surface area contributed by atoms with Crippen molar-refractivity contribution in [3.8, 4) is 0 Å². The molecule has 0 aliphatic heterocycles. The van der Waals surface area contributed by atoms with Crippen molar-refractivity contribution in [2.45, 2.75) is 26.8 Å². The zero-order valence-corrected chi connectivity index (χ0v) is 11.8. The Kier molecular flexibility index (Phi) is 6.01. The molecule has 0 aromatic carbocycles. The highest BCUT2D eigenvalue weighted by molar-refractivity contribution is 9.10. The lowest BCUT2D eigenvalue weighted by Crippen LogP contribution is -2.21. The van der Waals surface area contributed by atoms with Gasteiger partial charge >= 0.3 is 0 Å². The number of nitrogens with zero attached hydrogens (tertiary/aromatic N) is 2. The van der Waals surface area contributed by atoms with E-state index in [0.29, 0.717) is 0 Å². The molecular weight excluding hydrogens is 270 g/mol. The minimum atomic E-state index is 0.757. The van der Waals surface area contributed by atoms with Gasteiger partial charge in [-0.2, -0.15) is 5.10 Å². The maximum absolute atomic E-state index is 5.26. The number of hydrogen-bond donors (Lipinski definition) is 1. The van der Waals surface area contributed by atoms with Crippen molar-refractivity contribution in [3.63, 3.8) is 0 Å². The van der Waals surface area contributed by atoms with E-state index in [1.165, 1.54) is 5.69 Å². The number of halogens is 1. The van der Waals surface area contributed by atoms with Gasteiger partial charge in [-0.15, -0.1) is 0 Å². The summed E-state index contributed by atoms with van der Waals surface area (Å²) >= 11 is 3.59. The summed E-state index contributed by atoms with van der Waals surface area (Å²) in [5, 5.41) is 7.78. The number of nitrogens with one attached hydrogen (secondary N) is 1. The van der Waals surface area contributed by atoms with Crippen molar-refractivity contribution in [2.24, 2.45) is 7.05 Å². The number of ether oxygens (including phenoxy) is 1. The van der Waals surface area contributed by atoms with Crippen LogP contribution in [0.25, 0.3) is 0 Å². The number of rotatable bonds is 7. The second-order valence-corrected chi connectivity index (χ2v) is 4.35. The van der Waals surface area contributed by atoms with E-state index in [9.17, 15) is 0 Å². The highest BCUT2D eigenvalue weighted by Gasteiger charge is 2.11. The number of aromatic nitrogens is 2. The molecule has 1 rings (SSSR count). The first kappa shape index (κ1) is 13.7. The number of hydrogen-bond acceptors (Lipinski definition) is 3. The molecule has 1 heterocycles. The van der Waals surface area contributed by atoms with Crippen molar-refractivity contribution >= 4 is 15.9 Å². The zero-order chi connectivity index (χ0) is 12.0. The lowest BCUT2D eigenvalue weighted by molar-refractivity contribution is 0.149. The predicted molar refractivity (Wildman–Crippen MR) is 68.5 cm³/mol. The van der Waals surface area contributed by atoms with Gasteiger partial charge in [0, 0.05) is 26.7 Å². The Morgan fingerprint density at radius 2 is 2.19 bits per heavy atom. The Morgan fingerprint density at radius 3 is 2.75 bits per heavy atom. The van der Waals surface area contributed by atoms with E-state index in [1.807, 2.05) is 18.7 Å². The Hall–Kier alpha value is -0.390. The summed E-state index contributed by atoms with van der Waals surface area (Å²) in [4.78, 5) is 0. The van der Waals surface area contributed by atoms with Gasteiger partial charge < -0.3 is 10.1 Å². The molecule has 1 aromatic rings. The van der Waals surface area contributed by atoms with Crippen molar-refractivity contribution in [2.75, 3.05) is 19.8 Å². The fraction of sp³-hybridized carbons (Fsp3) is 0.727.